The molecule has 0 saturated heterocycles. The Kier molecular flexibility index (Phi) is 12.4. The molecule has 0 heterocycles. The molecule has 0 unspecified atom stereocenters. The van der Waals surface area contributed by atoms with E-state index < -0.39 is 11.9 Å². The van der Waals surface area contributed by atoms with E-state index in [2.05, 4.69) is 6.58 Å². The summed E-state index contributed by atoms with van der Waals surface area (Å²) in [6.07, 6.45) is 0. The number of hydrogen-bond acceptors (Lipinski definition) is 3. The summed E-state index contributed by atoms with van der Waals surface area (Å²) in [6, 6.07) is 5.17. The number of carboxylic acids is 2. The van der Waals surface area contributed by atoms with Crippen molar-refractivity contribution in [1.29, 1.82) is 0 Å². The molecule has 0 fully saturated rings. The Labute approximate surface area is 137 Å². The summed E-state index contributed by atoms with van der Waals surface area (Å²) in [5, 5.41) is 16.5. The van der Waals surface area contributed by atoms with Crippen LogP contribution in [0.3, 0.4) is 0 Å². The second-order valence-corrected chi connectivity index (χ2v) is 4.77. The van der Waals surface area contributed by atoms with Gasteiger partial charge in [-0.25, -0.2) is 4.79 Å². The van der Waals surface area contributed by atoms with Crippen molar-refractivity contribution in [2.45, 2.75) is 13.8 Å². The van der Waals surface area contributed by atoms with Gasteiger partial charge in [0, 0.05) is 12.5 Å². The maximum absolute atomic E-state index is 9.60. The van der Waals surface area contributed by atoms with Crippen LogP contribution in [0.15, 0.2) is 30.4 Å². The predicted octanol–water partition coefficient (Wildman–Crippen LogP) is 3.57. The van der Waals surface area contributed by atoms with Gasteiger partial charge in [-0.05, 0) is 6.92 Å². The van der Waals surface area contributed by atoms with Gasteiger partial charge in [0.1, 0.15) is 0 Å². The van der Waals surface area contributed by atoms with Gasteiger partial charge in [0.05, 0.1) is 0 Å². The molecule has 1 aromatic carbocycles. The van der Waals surface area contributed by atoms with E-state index in [0.29, 0.717) is 15.8 Å². The van der Waals surface area contributed by atoms with Crippen LogP contribution in [0.2, 0.25) is 10.0 Å². The van der Waals surface area contributed by atoms with Gasteiger partial charge in [-0.3, -0.25) is 4.79 Å². The number of hydrogen-bond donors (Lipinski definition) is 2. The predicted molar refractivity (Wildman–Crippen MR) is 72.8 cm³/mol. The van der Waals surface area contributed by atoms with Gasteiger partial charge in [0.15, 0.2) is 0 Å². The quantitative estimate of drug-likeness (QED) is 0.611. The normalized spacial score (nSPS) is 8.30. The van der Waals surface area contributed by atoms with Gasteiger partial charge in [0.2, 0.25) is 0 Å². The molecule has 1 aromatic rings. The number of benzene rings is 1. The van der Waals surface area contributed by atoms with Gasteiger partial charge in [-0.15, -0.1) is 0 Å². The third-order valence-electron chi connectivity index (χ3n) is 1.41. The van der Waals surface area contributed by atoms with E-state index in [-0.39, 0.29) is 5.57 Å². The summed E-state index contributed by atoms with van der Waals surface area (Å²) in [6.45, 7) is 5.69. The Morgan fingerprint density at radius 2 is 1.65 bits per heavy atom. The molecule has 1 rings (SSSR count). The molecule has 0 bridgehead atoms. The standard InChI is InChI=1S/C6H4Cl2O.C4H6O2.C2H4O2.Zn/c7-4-1-2-6(9)5(8)3-4;1-3(2)4(5)6;1-2(3)4;/h1-3,9H;1H2,2H3,(H,5,6);1H3,(H,3,4);/q;;;+1/p-1. The van der Waals surface area contributed by atoms with Crippen LogP contribution in [-0.2, 0) is 28.3 Å². The monoisotopic (exact) mass is 371 g/mol. The van der Waals surface area contributed by atoms with Crippen molar-refractivity contribution in [3.8, 4) is 5.75 Å². The summed E-state index contributed by atoms with van der Waals surface area (Å²) < 4.78 is 5.03. The minimum atomic E-state index is -0.935. The second-order valence-electron chi connectivity index (χ2n) is 3.32. The van der Waals surface area contributed by atoms with Crippen LogP contribution in [-0.4, -0.2) is 22.2 Å². The topological polar surface area (TPSA) is 83.8 Å². The summed E-state index contributed by atoms with van der Waals surface area (Å²) in [4.78, 5) is 18.6. The molecule has 0 amide bonds. The van der Waals surface area contributed by atoms with Crippen molar-refractivity contribution < 1.29 is 42.0 Å². The second kappa shape index (κ2) is 11.7. The molecule has 0 aromatic heterocycles. The van der Waals surface area contributed by atoms with Crippen LogP contribution in [0, 0.1) is 0 Å². The van der Waals surface area contributed by atoms with E-state index in [0.717, 1.165) is 25.6 Å². The van der Waals surface area contributed by atoms with Crippen molar-refractivity contribution in [3.05, 3.63) is 40.4 Å². The number of carboxylic acid groups (broad SMARTS) is 2. The van der Waals surface area contributed by atoms with Crippen molar-refractivity contribution in [1.82, 2.24) is 0 Å². The van der Waals surface area contributed by atoms with Gasteiger partial charge >= 0.3 is 85.4 Å². The number of halogens is 2. The van der Waals surface area contributed by atoms with E-state index in [1.165, 1.54) is 6.92 Å². The van der Waals surface area contributed by atoms with Crippen molar-refractivity contribution in [2.24, 2.45) is 0 Å². The van der Waals surface area contributed by atoms with Crippen LogP contribution >= 0.6 is 23.2 Å². The molecule has 0 aliphatic rings. The van der Waals surface area contributed by atoms with E-state index in [4.69, 9.17) is 41.8 Å². The molecule has 0 saturated carbocycles. The fourth-order valence-corrected chi connectivity index (χ4v) is 1.78. The average Bonchev–Trinajstić information content (AvgIpc) is 2.29. The molecule has 0 spiro atoms. The van der Waals surface area contributed by atoms with Crippen LogP contribution in [0.5, 0.6) is 5.75 Å². The maximum atomic E-state index is 9.60. The summed E-state index contributed by atoms with van der Waals surface area (Å²) in [5.41, 5.74) is 0.176. The number of aliphatic carboxylic acids is 2. The Balaban J connectivity index is 0. The zero-order chi connectivity index (χ0) is 16.3. The van der Waals surface area contributed by atoms with E-state index in [1.54, 1.807) is 18.2 Å². The fourth-order valence-electron chi connectivity index (χ4n) is 0.592. The first-order chi connectivity index (χ1) is 9.11. The van der Waals surface area contributed by atoms with Crippen LogP contribution < -0.4 is 3.56 Å². The summed E-state index contributed by atoms with van der Waals surface area (Å²) >= 11 is 12.1. The molecular weight excluding hydrogens is 360 g/mol. The van der Waals surface area contributed by atoms with Gasteiger partial charge in [-0.2, -0.15) is 0 Å². The van der Waals surface area contributed by atoms with Crippen LogP contribution in [0.1, 0.15) is 13.8 Å². The minimum absolute atomic E-state index is 0.176. The molecule has 8 heteroatoms. The van der Waals surface area contributed by atoms with Crippen LogP contribution in [0.4, 0.5) is 0 Å². The third-order valence-corrected chi connectivity index (χ3v) is 2.60. The first-order valence-corrected chi connectivity index (χ1v) is 7.04. The van der Waals surface area contributed by atoms with E-state index >= 15 is 0 Å². The third kappa shape index (κ3) is 13.3. The number of carbonyl (C=O) groups is 2. The van der Waals surface area contributed by atoms with Crippen molar-refractivity contribution >= 4 is 35.1 Å². The Hall–Kier alpha value is -1.10. The van der Waals surface area contributed by atoms with Gasteiger partial charge < -0.3 is 10.2 Å². The van der Waals surface area contributed by atoms with Crippen LogP contribution in [0.25, 0.3) is 0 Å². The number of rotatable bonds is 2. The van der Waals surface area contributed by atoms with Gasteiger partial charge in [0.25, 0.3) is 5.97 Å². The molecule has 107 valence electrons. The Bertz CT molecular complexity index is 461. The molecule has 0 radical (unpaired) electrons. The molecule has 2 N–H and O–H groups in total. The Morgan fingerprint density at radius 1 is 1.25 bits per heavy atom. The Morgan fingerprint density at radius 3 is 1.90 bits per heavy atom. The zero-order valence-corrected chi connectivity index (χ0v) is 15.5. The zero-order valence-electron chi connectivity index (χ0n) is 11.0. The molecular formula is C12H13Cl2O5Zn. The summed E-state index contributed by atoms with van der Waals surface area (Å²) in [5.74, 6) is -1.07. The average molecular weight is 374 g/mol. The molecule has 20 heavy (non-hydrogen) atoms. The van der Waals surface area contributed by atoms with Crippen molar-refractivity contribution in [2.75, 3.05) is 0 Å². The molecule has 0 atom stereocenters. The molecule has 0 aliphatic heterocycles. The molecule has 5 nitrogen and oxygen atoms in total. The van der Waals surface area contributed by atoms with Gasteiger partial charge in [-0.1, -0.05) is 6.58 Å². The molecule has 0 aliphatic carbocycles. The summed E-state index contributed by atoms with van der Waals surface area (Å²) in [7, 11) is 0. The fraction of sp³-hybridized carbons (Fsp3) is 0.167. The first-order valence-electron chi connectivity index (χ1n) is 5.07. The van der Waals surface area contributed by atoms with E-state index in [9.17, 15) is 4.79 Å². The van der Waals surface area contributed by atoms with Crippen molar-refractivity contribution in [3.63, 3.8) is 0 Å². The van der Waals surface area contributed by atoms with E-state index in [1.807, 2.05) is 0 Å². The first kappa shape index (κ1) is 21.2. The SMILES string of the molecule is C=C(C)C(=O)O.CC(=O)O.Clc1ccc([O][Zn])c(Cl)c1.